The molecular weight excluding hydrogens is 294 g/mol. The van der Waals surface area contributed by atoms with E-state index in [-0.39, 0.29) is 5.91 Å². The van der Waals surface area contributed by atoms with Crippen molar-refractivity contribution in [3.8, 4) is 0 Å². The van der Waals surface area contributed by atoms with Gasteiger partial charge in [-0.25, -0.2) is 0 Å². The molecule has 0 spiro atoms. The number of benzene rings is 1. The minimum absolute atomic E-state index is 0.00926. The van der Waals surface area contributed by atoms with E-state index in [1.165, 1.54) is 0 Å². The molecule has 0 unspecified atom stereocenters. The maximum atomic E-state index is 12.3. The van der Waals surface area contributed by atoms with E-state index in [9.17, 15) is 4.79 Å². The SMILES string of the molecule is Cc1ccc(Br)cc1C(=O)N(C)Cc1ccoc1. The molecule has 18 heavy (non-hydrogen) atoms. The van der Waals surface area contributed by atoms with Gasteiger partial charge in [0.05, 0.1) is 12.5 Å². The van der Waals surface area contributed by atoms with E-state index < -0.39 is 0 Å². The van der Waals surface area contributed by atoms with Crippen molar-refractivity contribution < 1.29 is 9.21 Å². The van der Waals surface area contributed by atoms with E-state index in [1.807, 2.05) is 31.2 Å². The predicted molar refractivity (Wildman–Crippen MR) is 73.4 cm³/mol. The molecule has 0 aliphatic heterocycles. The molecule has 0 aliphatic carbocycles. The minimum atomic E-state index is 0.00926. The zero-order chi connectivity index (χ0) is 13.1. The molecule has 94 valence electrons. The van der Waals surface area contributed by atoms with Crippen LogP contribution in [0.3, 0.4) is 0 Å². The quantitative estimate of drug-likeness (QED) is 0.867. The zero-order valence-electron chi connectivity index (χ0n) is 10.3. The molecule has 3 nitrogen and oxygen atoms in total. The summed E-state index contributed by atoms with van der Waals surface area (Å²) in [6.45, 7) is 2.48. The van der Waals surface area contributed by atoms with Gasteiger partial charge in [0.2, 0.25) is 0 Å². The van der Waals surface area contributed by atoms with Crippen LogP contribution in [-0.2, 0) is 6.54 Å². The third kappa shape index (κ3) is 2.82. The normalized spacial score (nSPS) is 10.4. The summed E-state index contributed by atoms with van der Waals surface area (Å²) in [5.74, 6) is 0.00926. The topological polar surface area (TPSA) is 33.5 Å². The second-order valence-electron chi connectivity index (χ2n) is 4.25. The summed E-state index contributed by atoms with van der Waals surface area (Å²) in [7, 11) is 1.79. The van der Waals surface area contributed by atoms with Crippen molar-refractivity contribution in [3.05, 3.63) is 58.0 Å². The van der Waals surface area contributed by atoms with Crippen molar-refractivity contribution in [2.75, 3.05) is 7.05 Å². The number of nitrogens with zero attached hydrogens (tertiary/aromatic N) is 1. The van der Waals surface area contributed by atoms with Gasteiger partial charge in [0.15, 0.2) is 0 Å². The highest BCUT2D eigenvalue weighted by atomic mass is 79.9. The number of carbonyl (C=O) groups excluding carboxylic acids is 1. The van der Waals surface area contributed by atoms with Crippen LogP contribution in [0.15, 0.2) is 45.7 Å². The third-order valence-corrected chi connectivity index (χ3v) is 3.27. The molecule has 1 amide bonds. The van der Waals surface area contributed by atoms with Crippen LogP contribution >= 0.6 is 15.9 Å². The van der Waals surface area contributed by atoms with E-state index in [0.29, 0.717) is 6.54 Å². The van der Waals surface area contributed by atoms with Gasteiger partial charge in [0.25, 0.3) is 5.91 Å². The summed E-state index contributed by atoms with van der Waals surface area (Å²) in [4.78, 5) is 14.0. The van der Waals surface area contributed by atoms with Crippen LogP contribution in [0.25, 0.3) is 0 Å². The van der Waals surface area contributed by atoms with E-state index in [1.54, 1.807) is 24.5 Å². The molecule has 0 N–H and O–H groups in total. The number of carbonyl (C=O) groups is 1. The van der Waals surface area contributed by atoms with Gasteiger partial charge in [-0.3, -0.25) is 4.79 Å². The molecular formula is C14H14BrNO2. The Kier molecular flexibility index (Phi) is 3.87. The molecule has 4 heteroatoms. The monoisotopic (exact) mass is 307 g/mol. The molecule has 2 aromatic rings. The summed E-state index contributed by atoms with van der Waals surface area (Å²) in [5.41, 5.74) is 2.68. The van der Waals surface area contributed by atoms with E-state index in [4.69, 9.17) is 4.42 Å². The van der Waals surface area contributed by atoms with Gasteiger partial charge in [0.1, 0.15) is 0 Å². The Bertz CT molecular complexity index is 549. The lowest BCUT2D eigenvalue weighted by Gasteiger charge is -2.17. The number of rotatable bonds is 3. The van der Waals surface area contributed by atoms with Gasteiger partial charge in [0, 0.05) is 29.2 Å². The lowest BCUT2D eigenvalue weighted by Crippen LogP contribution is -2.26. The fourth-order valence-corrected chi connectivity index (χ4v) is 2.12. The molecule has 1 heterocycles. The van der Waals surface area contributed by atoms with Crippen LogP contribution in [0, 0.1) is 6.92 Å². The fraction of sp³-hybridized carbons (Fsp3) is 0.214. The van der Waals surface area contributed by atoms with Crippen molar-refractivity contribution in [2.24, 2.45) is 0 Å². The van der Waals surface area contributed by atoms with Gasteiger partial charge in [-0.2, -0.15) is 0 Å². The number of hydrogen-bond acceptors (Lipinski definition) is 2. The number of furan rings is 1. The second kappa shape index (κ2) is 5.40. The Balaban J connectivity index is 2.17. The highest BCUT2D eigenvalue weighted by molar-refractivity contribution is 9.10. The van der Waals surface area contributed by atoms with Crippen LogP contribution in [0.2, 0.25) is 0 Å². The molecule has 0 atom stereocenters. The number of halogens is 1. The number of hydrogen-bond donors (Lipinski definition) is 0. The van der Waals surface area contributed by atoms with Gasteiger partial charge in [-0.15, -0.1) is 0 Å². The Hall–Kier alpha value is -1.55. The van der Waals surface area contributed by atoms with Gasteiger partial charge in [-0.1, -0.05) is 22.0 Å². The molecule has 1 aromatic heterocycles. The van der Waals surface area contributed by atoms with Crippen molar-refractivity contribution in [3.63, 3.8) is 0 Å². The predicted octanol–water partition coefficient (Wildman–Crippen LogP) is 3.62. The average Bonchev–Trinajstić information content (AvgIpc) is 2.84. The van der Waals surface area contributed by atoms with Crippen LogP contribution in [0.5, 0.6) is 0 Å². The molecule has 0 radical (unpaired) electrons. The highest BCUT2D eigenvalue weighted by Gasteiger charge is 2.15. The van der Waals surface area contributed by atoms with Crippen LogP contribution in [-0.4, -0.2) is 17.9 Å². The molecule has 2 rings (SSSR count). The van der Waals surface area contributed by atoms with Crippen molar-refractivity contribution in [1.29, 1.82) is 0 Å². The van der Waals surface area contributed by atoms with E-state index in [0.717, 1.165) is 21.2 Å². The largest absolute Gasteiger partial charge is 0.472 e. The molecule has 0 saturated carbocycles. The van der Waals surface area contributed by atoms with Crippen LogP contribution in [0.1, 0.15) is 21.5 Å². The maximum absolute atomic E-state index is 12.3. The third-order valence-electron chi connectivity index (χ3n) is 2.78. The first-order chi connectivity index (χ1) is 8.58. The summed E-state index contributed by atoms with van der Waals surface area (Å²) in [6, 6.07) is 7.58. The van der Waals surface area contributed by atoms with Crippen LogP contribution < -0.4 is 0 Å². The molecule has 0 saturated heterocycles. The van der Waals surface area contributed by atoms with E-state index >= 15 is 0 Å². The van der Waals surface area contributed by atoms with Crippen molar-refractivity contribution in [2.45, 2.75) is 13.5 Å². The second-order valence-corrected chi connectivity index (χ2v) is 5.17. The van der Waals surface area contributed by atoms with Crippen LogP contribution in [0.4, 0.5) is 0 Å². The summed E-state index contributed by atoms with van der Waals surface area (Å²) in [6.07, 6.45) is 3.26. The minimum Gasteiger partial charge on any atom is -0.472 e. The van der Waals surface area contributed by atoms with Crippen molar-refractivity contribution >= 4 is 21.8 Å². The van der Waals surface area contributed by atoms with Crippen molar-refractivity contribution in [1.82, 2.24) is 4.90 Å². The Morgan fingerprint density at radius 3 is 2.83 bits per heavy atom. The standard InChI is InChI=1S/C14H14BrNO2/c1-10-3-4-12(15)7-13(10)14(17)16(2)8-11-5-6-18-9-11/h3-7,9H,8H2,1-2H3. The fourth-order valence-electron chi connectivity index (χ4n) is 1.76. The molecule has 0 aliphatic rings. The van der Waals surface area contributed by atoms with Gasteiger partial charge in [-0.05, 0) is 30.7 Å². The number of aryl methyl sites for hydroxylation is 1. The Morgan fingerprint density at radius 2 is 2.17 bits per heavy atom. The first-order valence-electron chi connectivity index (χ1n) is 5.60. The summed E-state index contributed by atoms with van der Waals surface area (Å²) in [5, 5.41) is 0. The zero-order valence-corrected chi connectivity index (χ0v) is 11.9. The molecule has 1 aromatic carbocycles. The van der Waals surface area contributed by atoms with E-state index in [2.05, 4.69) is 15.9 Å². The van der Waals surface area contributed by atoms with Gasteiger partial charge < -0.3 is 9.32 Å². The lowest BCUT2D eigenvalue weighted by atomic mass is 10.1. The number of amides is 1. The Labute approximate surface area is 115 Å². The maximum Gasteiger partial charge on any atom is 0.254 e. The lowest BCUT2D eigenvalue weighted by molar-refractivity contribution is 0.0784. The Morgan fingerprint density at radius 1 is 1.39 bits per heavy atom. The molecule has 0 fully saturated rings. The van der Waals surface area contributed by atoms with Gasteiger partial charge >= 0.3 is 0 Å². The highest BCUT2D eigenvalue weighted by Crippen LogP contribution is 2.18. The smallest absolute Gasteiger partial charge is 0.254 e. The average molecular weight is 308 g/mol. The summed E-state index contributed by atoms with van der Waals surface area (Å²) < 4.78 is 5.91. The first-order valence-corrected chi connectivity index (χ1v) is 6.40. The first kappa shape index (κ1) is 12.9. The summed E-state index contributed by atoms with van der Waals surface area (Å²) >= 11 is 3.39. The molecule has 0 bridgehead atoms.